The van der Waals surface area contributed by atoms with E-state index in [1.165, 1.54) is 0 Å². The van der Waals surface area contributed by atoms with Gasteiger partial charge in [-0.1, -0.05) is 30.3 Å². The Morgan fingerprint density at radius 3 is 1.62 bits per heavy atom. The average Bonchev–Trinajstić information content (AvgIpc) is 2.56. The van der Waals surface area contributed by atoms with Crippen LogP contribution in [0, 0.1) is 20.8 Å². The molecular weight excluding hydrogens is 300 g/mol. The standard InChI is InChI=1S/C21H20O3/c1-12-15(6-4-8-18(12)22)17-10-11-20(24)14(3)21(17)16-7-5-9-19(23)13(16)2/h4-11,22-24H,1-3H3. The smallest absolute Gasteiger partial charge is 0.119 e. The fourth-order valence-corrected chi connectivity index (χ4v) is 3.08. The Kier molecular flexibility index (Phi) is 3.94. The van der Waals surface area contributed by atoms with Crippen LogP contribution >= 0.6 is 0 Å². The van der Waals surface area contributed by atoms with Gasteiger partial charge in [-0.15, -0.1) is 0 Å². The monoisotopic (exact) mass is 320 g/mol. The molecule has 0 atom stereocenters. The largest absolute Gasteiger partial charge is 0.508 e. The van der Waals surface area contributed by atoms with Crippen molar-refractivity contribution in [1.82, 2.24) is 0 Å². The summed E-state index contributed by atoms with van der Waals surface area (Å²) in [7, 11) is 0. The third-order valence-electron chi connectivity index (χ3n) is 4.61. The lowest BCUT2D eigenvalue weighted by atomic mass is 9.87. The second-order valence-corrected chi connectivity index (χ2v) is 6.03. The Morgan fingerprint density at radius 1 is 0.500 bits per heavy atom. The number of phenolic OH excluding ortho intramolecular Hbond substituents is 3. The van der Waals surface area contributed by atoms with Crippen LogP contribution in [-0.4, -0.2) is 15.3 Å². The molecule has 3 aromatic carbocycles. The average molecular weight is 320 g/mol. The first-order chi connectivity index (χ1) is 11.4. The minimum absolute atomic E-state index is 0.203. The maximum Gasteiger partial charge on any atom is 0.119 e. The SMILES string of the molecule is Cc1c(O)cccc1-c1ccc(O)c(C)c1-c1cccc(O)c1C. The minimum atomic E-state index is 0.203. The van der Waals surface area contributed by atoms with Crippen molar-refractivity contribution in [3.63, 3.8) is 0 Å². The molecule has 122 valence electrons. The fourth-order valence-electron chi connectivity index (χ4n) is 3.08. The zero-order valence-corrected chi connectivity index (χ0v) is 14.0. The van der Waals surface area contributed by atoms with Crippen LogP contribution in [0.25, 0.3) is 22.3 Å². The van der Waals surface area contributed by atoms with Gasteiger partial charge in [0.1, 0.15) is 17.2 Å². The molecule has 0 aliphatic carbocycles. The van der Waals surface area contributed by atoms with Crippen molar-refractivity contribution in [1.29, 1.82) is 0 Å². The van der Waals surface area contributed by atoms with E-state index in [0.29, 0.717) is 0 Å². The van der Waals surface area contributed by atoms with Gasteiger partial charge in [0.05, 0.1) is 0 Å². The van der Waals surface area contributed by atoms with E-state index >= 15 is 0 Å². The summed E-state index contributed by atoms with van der Waals surface area (Å²) in [6.07, 6.45) is 0. The van der Waals surface area contributed by atoms with Crippen LogP contribution in [0.4, 0.5) is 0 Å². The zero-order chi connectivity index (χ0) is 17.4. The van der Waals surface area contributed by atoms with Crippen molar-refractivity contribution in [3.8, 4) is 39.5 Å². The van der Waals surface area contributed by atoms with Gasteiger partial charge in [-0.3, -0.25) is 0 Å². The lowest BCUT2D eigenvalue weighted by molar-refractivity contribution is 0.469. The van der Waals surface area contributed by atoms with Crippen molar-refractivity contribution >= 4 is 0 Å². The fraction of sp³-hybridized carbons (Fsp3) is 0.143. The van der Waals surface area contributed by atoms with Crippen LogP contribution < -0.4 is 0 Å². The lowest BCUT2D eigenvalue weighted by Gasteiger charge is -2.18. The summed E-state index contributed by atoms with van der Waals surface area (Å²) in [6.45, 7) is 5.58. The first kappa shape index (κ1) is 15.9. The topological polar surface area (TPSA) is 60.7 Å². The van der Waals surface area contributed by atoms with E-state index in [9.17, 15) is 15.3 Å². The predicted octanol–water partition coefficient (Wildman–Crippen LogP) is 5.06. The summed E-state index contributed by atoms with van der Waals surface area (Å²) in [5.41, 5.74) is 5.80. The van der Waals surface area contributed by atoms with Crippen molar-refractivity contribution in [2.24, 2.45) is 0 Å². The molecule has 0 radical (unpaired) electrons. The van der Waals surface area contributed by atoms with E-state index in [2.05, 4.69) is 0 Å². The first-order valence-corrected chi connectivity index (χ1v) is 7.82. The molecular formula is C21H20O3. The second kappa shape index (κ2) is 5.93. The number of hydrogen-bond acceptors (Lipinski definition) is 3. The molecule has 0 fully saturated rings. The highest BCUT2D eigenvalue weighted by atomic mass is 16.3. The Bertz CT molecular complexity index is 927. The molecule has 3 aromatic rings. The summed E-state index contributed by atoms with van der Waals surface area (Å²) in [5, 5.41) is 30.3. The molecule has 0 aliphatic heterocycles. The van der Waals surface area contributed by atoms with E-state index in [-0.39, 0.29) is 17.2 Å². The van der Waals surface area contributed by atoms with E-state index in [4.69, 9.17) is 0 Å². The van der Waals surface area contributed by atoms with Gasteiger partial charge in [-0.2, -0.15) is 0 Å². The minimum Gasteiger partial charge on any atom is -0.508 e. The van der Waals surface area contributed by atoms with Gasteiger partial charge in [-0.05, 0) is 77.9 Å². The van der Waals surface area contributed by atoms with Crippen molar-refractivity contribution in [3.05, 3.63) is 65.2 Å². The molecule has 24 heavy (non-hydrogen) atoms. The molecule has 3 rings (SSSR count). The van der Waals surface area contributed by atoms with E-state index in [1.54, 1.807) is 30.3 Å². The van der Waals surface area contributed by atoms with Gasteiger partial charge in [0, 0.05) is 0 Å². The molecule has 0 saturated heterocycles. The van der Waals surface area contributed by atoms with E-state index in [0.717, 1.165) is 38.9 Å². The molecule has 0 bridgehead atoms. The summed E-state index contributed by atoms with van der Waals surface area (Å²) < 4.78 is 0. The van der Waals surface area contributed by atoms with Gasteiger partial charge >= 0.3 is 0 Å². The number of rotatable bonds is 2. The summed E-state index contributed by atoms with van der Waals surface area (Å²) >= 11 is 0. The molecule has 3 nitrogen and oxygen atoms in total. The highest BCUT2D eigenvalue weighted by Crippen LogP contribution is 2.43. The summed E-state index contributed by atoms with van der Waals surface area (Å²) in [6, 6.07) is 14.3. The molecule has 0 amide bonds. The molecule has 0 heterocycles. The quantitative estimate of drug-likeness (QED) is 0.618. The molecule has 0 aliphatic rings. The predicted molar refractivity (Wildman–Crippen MR) is 96.5 cm³/mol. The second-order valence-electron chi connectivity index (χ2n) is 6.03. The van der Waals surface area contributed by atoms with E-state index < -0.39 is 0 Å². The van der Waals surface area contributed by atoms with Crippen molar-refractivity contribution in [2.45, 2.75) is 20.8 Å². The van der Waals surface area contributed by atoms with Gasteiger partial charge in [-0.25, -0.2) is 0 Å². The maximum atomic E-state index is 10.2. The highest BCUT2D eigenvalue weighted by molar-refractivity contribution is 5.90. The summed E-state index contributed by atoms with van der Waals surface area (Å²) in [5.74, 6) is 0.653. The third-order valence-corrected chi connectivity index (χ3v) is 4.61. The summed E-state index contributed by atoms with van der Waals surface area (Å²) in [4.78, 5) is 0. The highest BCUT2D eigenvalue weighted by Gasteiger charge is 2.18. The molecule has 0 unspecified atom stereocenters. The Hall–Kier alpha value is -2.94. The van der Waals surface area contributed by atoms with Crippen LogP contribution in [0.1, 0.15) is 16.7 Å². The number of phenols is 3. The van der Waals surface area contributed by atoms with Gasteiger partial charge < -0.3 is 15.3 Å². The Balaban J connectivity index is 2.39. The molecule has 0 aromatic heterocycles. The van der Waals surface area contributed by atoms with E-state index in [1.807, 2.05) is 39.0 Å². The Labute approximate surface area is 141 Å². The normalized spacial score (nSPS) is 10.8. The zero-order valence-electron chi connectivity index (χ0n) is 14.0. The number of hydrogen-bond donors (Lipinski definition) is 3. The van der Waals surface area contributed by atoms with Crippen molar-refractivity contribution in [2.75, 3.05) is 0 Å². The lowest BCUT2D eigenvalue weighted by Crippen LogP contribution is -1.94. The van der Waals surface area contributed by atoms with Crippen LogP contribution in [0.2, 0.25) is 0 Å². The number of benzene rings is 3. The third kappa shape index (κ3) is 2.48. The molecule has 0 spiro atoms. The van der Waals surface area contributed by atoms with Gasteiger partial charge in [0.25, 0.3) is 0 Å². The Morgan fingerprint density at radius 2 is 1.00 bits per heavy atom. The molecule has 3 N–H and O–H groups in total. The van der Waals surface area contributed by atoms with Crippen molar-refractivity contribution < 1.29 is 15.3 Å². The maximum absolute atomic E-state index is 10.2. The van der Waals surface area contributed by atoms with Crippen LogP contribution in [0.15, 0.2) is 48.5 Å². The van der Waals surface area contributed by atoms with Gasteiger partial charge in [0.2, 0.25) is 0 Å². The number of aromatic hydroxyl groups is 3. The first-order valence-electron chi connectivity index (χ1n) is 7.82. The van der Waals surface area contributed by atoms with Crippen LogP contribution in [0.5, 0.6) is 17.2 Å². The molecule has 0 saturated carbocycles. The van der Waals surface area contributed by atoms with Crippen LogP contribution in [-0.2, 0) is 0 Å². The van der Waals surface area contributed by atoms with Gasteiger partial charge in [0.15, 0.2) is 0 Å². The van der Waals surface area contributed by atoms with Crippen LogP contribution in [0.3, 0.4) is 0 Å². The molecule has 3 heteroatoms.